The van der Waals surface area contributed by atoms with Crippen molar-refractivity contribution < 1.29 is 9.53 Å². The third-order valence-electron chi connectivity index (χ3n) is 6.10. The standard InChI is InChI=1S/C27H27N5O2/c1-20-18-25(34-23-9-3-2-4-10-23)30-26(29-20)21-12-16-31(17-13-21)27(33)24-11-6-5-8-22(24)19-32-15-7-14-28-32/h2-11,14-15,18,21H,12-13,16-17,19H2,1H3. The fourth-order valence-corrected chi connectivity index (χ4v) is 4.35. The molecule has 0 spiro atoms. The summed E-state index contributed by atoms with van der Waals surface area (Å²) in [5.41, 5.74) is 2.59. The Morgan fingerprint density at radius 2 is 1.76 bits per heavy atom. The van der Waals surface area contributed by atoms with Crippen LogP contribution in [-0.2, 0) is 6.54 Å². The predicted molar refractivity (Wildman–Crippen MR) is 129 cm³/mol. The summed E-state index contributed by atoms with van der Waals surface area (Å²) < 4.78 is 7.78. The Hall–Kier alpha value is -4.00. The molecular weight excluding hydrogens is 426 g/mol. The molecule has 0 unspecified atom stereocenters. The van der Waals surface area contributed by atoms with Crippen molar-refractivity contribution in [1.82, 2.24) is 24.6 Å². The number of ether oxygens (including phenoxy) is 1. The maximum Gasteiger partial charge on any atom is 0.254 e. The van der Waals surface area contributed by atoms with Crippen molar-refractivity contribution in [3.8, 4) is 11.6 Å². The van der Waals surface area contributed by atoms with Crippen molar-refractivity contribution in [2.45, 2.75) is 32.2 Å². The van der Waals surface area contributed by atoms with E-state index in [1.54, 1.807) is 6.20 Å². The molecule has 3 heterocycles. The number of hydrogen-bond acceptors (Lipinski definition) is 5. The number of benzene rings is 2. The van der Waals surface area contributed by atoms with Gasteiger partial charge in [-0.15, -0.1) is 0 Å². The number of aromatic nitrogens is 4. The van der Waals surface area contributed by atoms with Gasteiger partial charge in [0.25, 0.3) is 5.91 Å². The fourth-order valence-electron chi connectivity index (χ4n) is 4.35. The van der Waals surface area contributed by atoms with Gasteiger partial charge < -0.3 is 9.64 Å². The van der Waals surface area contributed by atoms with E-state index in [-0.39, 0.29) is 11.8 Å². The van der Waals surface area contributed by atoms with E-state index in [2.05, 4.69) is 15.1 Å². The predicted octanol–water partition coefficient (Wildman–Crippen LogP) is 4.84. The molecule has 0 saturated carbocycles. The van der Waals surface area contributed by atoms with Crippen LogP contribution < -0.4 is 4.74 Å². The first-order chi connectivity index (χ1) is 16.7. The maximum absolute atomic E-state index is 13.3. The van der Waals surface area contributed by atoms with Crippen LogP contribution in [0, 0.1) is 6.92 Å². The minimum absolute atomic E-state index is 0.0690. The summed E-state index contributed by atoms with van der Waals surface area (Å²) >= 11 is 0. The molecule has 4 aromatic rings. The van der Waals surface area contributed by atoms with Gasteiger partial charge in [0.15, 0.2) is 0 Å². The van der Waals surface area contributed by atoms with E-state index in [9.17, 15) is 4.79 Å². The molecule has 7 nitrogen and oxygen atoms in total. The zero-order valence-corrected chi connectivity index (χ0v) is 19.2. The van der Waals surface area contributed by atoms with Gasteiger partial charge in [-0.3, -0.25) is 9.48 Å². The van der Waals surface area contributed by atoms with Crippen LogP contribution in [0.3, 0.4) is 0 Å². The van der Waals surface area contributed by atoms with Gasteiger partial charge in [0.05, 0.1) is 6.54 Å². The SMILES string of the molecule is Cc1cc(Oc2ccccc2)nc(C2CCN(C(=O)c3ccccc3Cn3cccn3)CC2)n1. The van der Waals surface area contributed by atoms with Gasteiger partial charge >= 0.3 is 0 Å². The molecule has 1 fully saturated rings. The minimum Gasteiger partial charge on any atom is -0.439 e. The van der Waals surface area contributed by atoms with Gasteiger partial charge in [0, 0.05) is 48.7 Å². The van der Waals surface area contributed by atoms with Crippen molar-refractivity contribution in [2.24, 2.45) is 0 Å². The first kappa shape index (κ1) is 21.8. The molecule has 1 aliphatic heterocycles. The lowest BCUT2D eigenvalue weighted by Gasteiger charge is -2.32. The molecule has 0 aliphatic carbocycles. The molecule has 0 atom stereocenters. The molecule has 0 bridgehead atoms. The second kappa shape index (κ2) is 9.87. The summed E-state index contributed by atoms with van der Waals surface area (Å²) in [7, 11) is 0. The normalized spacial score (nSPS) is 14.2. The highest BCUT2D eigenvalue weighted by molar-refractivity contribution is 5.95. The number of carbonyl (C=O) groups is 1. The summed E-state index contributed by atoms with van der Waals surface area (Å²) in [5, 5.41) is 4.28. The molecule has 0 radical (unpaired) electrons. The molecule has 172 valence electrons. The Balaban J connectivity index is 1.26. The lowest BCUT2D eigenvalue weighted by Crippen LogP contribution is -2.38. The molecule has 2 aromatic carbocycles. The maximum atomic E-state index is 13.3. The monoisotopic (exact) mass is 453 g/mol. The van der Waals surface area contributed by atoms with Crippen LogP contribution in [0.2, 0.25) is 0 Å². The van der Waals surface area contributed by atoms with Crippen LogP contribution in [0.4, 0.5) is 0 Å². The molecule has 34 heavy (non-hydrogen) atoms. The van der Waals surface area contributed by atoms with Crippen LogP contribution in [0.1, 0.15) is 46.2 Å². The van der Waals surface area contributed by atoms with Crippen LogP contribution in [0.5, 0.6) is 11.6 Å². The Morgan fingerprint density at radius 1 is 1.00 bits per heavy atom. The summed E-state index contributed by atoms with van der Waals surface area (Å²) in [6.45, 7) is 3.88. The Kier molecular flexibility index (Phi) is 6.33. The van der Waals surface area contributed by atoms with Crippen molar-refractivity contribution in [3.05, 3.63) is 102 Å². The molecule has 1 saturated heterocycles. The van der Waals surface area contributed by atoms with Gasteiger partial charge in [0.1, 0.15) is 11.6 Å². The van der Waals surface area contributed by atoms with Gasteiger partial charge in [-0.2, -0.15) is 10.1 Å². The van der Waals surface area contributed by atoms with E-state index in [0.29, 0.717) is 25.5 Å². The Morgan fingerprint density at radius 3 is 2.53 bits per heavy atom. The number of likely N-dealkylation sites (tertiary alicyclic amines) is 1. The summed E-state index contributed by atoms with van der Waals surface area (Å²) in [6, 6.07) is 21.2. The average Bonchev–Trinajstić information content (AvgIpc) is 3.37. The van der Waals surface area contributed by atoms with Crippen LogP contribution >= 0.6 is 0 Å². The van der Waals surface area contributed by atoms with Gasteiger partial charge in [0.2, 0.25) is 5.88 Å². The smallest absolute Gasteiger partial charge is 0.254 e. The van der Waals surface area contributed by atoms with E-state index < -0.39 is 0 Å². The highest BCUT2D eigenvalue weighted by Crippen LogP contribution is 2.29. The number of para-hydroxylation sites is 1. The Bertz CT molecular complexity index is 1250. The number of nitrogens with zero attached hydrogens (tertiary/aromatic N) is 5. The fraction of sp³-hybridized carbons (Fsp3) is 0.259. The van der Waals surface area contributed by atoms with E-state index in [1.165, 1.54) is 0 Å². The molecule has 0 N–H and O–H groups in total. The molecule has 1 amide bonds. The van der Waals surface area contributed by atoms with Crippen LogP contribution in [0.15, 0.2) is 79.1 Å². The van der Waals surface area contributed by atoms with Crippen LogP contribution in [-0.4, -0.2) is 43.6 Å². The van der Waals surface area contributed by atoms with E-state index in [4.69, 9.17) is 4.74 Å². The number of amides is 1. The number of carbonyl (C=O) groups excluding carboxylic acids is 1. The van der Waals surface area contributed by atoms with Crippen molar-refractivity contribution in [2.75, 3.05) is 13.1 Å². The Labute approximate surface area is 199 Å². The molecular formula is C27H27N5O2. The van der Waals surface area contributed by atoms with E-state index in [1.807, 2.05) is 89.4 Å². The zero-order chi connectivity index (χ0) is 23.3. The quantitative estimate of drug-likeness (QED) is 0.418. The second-order valence-corrected chi connectivity index (χ2v) is 8.55. The topological polar surface area (TPSA) is 73.1 Å². The zero-order valence-electron chi connectivity index (χ0n) is 19.2. The van der Waals surface area contributed by atoms with Crippen LogP contribution in [0.25, 0.3) is 0 Å². The minimum atomic E-state index is 0.0690. The third kappa shape index (κ3) is 4.98. The molecule has 5 rings (SSSR count). The molecule has 1 aliphatic rings. The van der Waals surface area contributed by atoms with Crippen molar-refractivity contribution in [3.63, 3.8) is 0 Å². The first-order valence-electron chi connectivity index (χ1n) is 11.6. The van der Waals surface area contributed by atoms with Gasteiger partial charge in [-0.05, 0) is 49.6 Å². The number of aryl methyl sites for hydroxylation is 1. The third-order valence-corrected chi connectivity index (χ3v) is 6.10. The van der Waals surface area contributed by atoms with E-state index in [0.717, 1.165) is 41.2 Å². The van der Waals surface area contributed by atoms with E-state index >= 15 is 0 Å². The summed E-state index contributed by atoms with van der Waals surface area (Å²) in [5.74, 6) is 2.36. The largest absolute Gasteiger partial charge is 0.439 e. The van der Waals surface area contributed by atoms with Gasteiger partial charge in [-0.25, -0.2) is 4.98 Å². The van der Waals surface area contributed by atoms with Crippen molar-refractivity contribution in [1.29, 1.82) is 0 Å². The number of piperidine rings is 1. The lowest BCUT2D eigenvalue weighted by molar-refractivity contribution is 0.0709. The molecule has 2 aromatic heterocycles. The average molecular weight is 454 g/mol. The first-order valence-corrected chi connectivity index (χ1v) is 11.6. The highest BCUT2D eigenvalue weighted by Gasteiger charge is 2.27. The second-order valence-electron chi connectivity index (χ2n) is 8.55. The highest BCUT2D eigenvalue weighted by atomic mass is 16.5. The number of hydrogen-bond donors (Lipinski definition) is 0. The lowest BCUT2D eigenvalue weighted by atomic mass is 9.95. The number of rotatable bonds is 6. The van der Waals surface area contributed by atoms with Crippen molar-refractivity contribution >= 4 is 5.91 Å². The summed E-state index contributed by atoms with van der Waals surface area (Å²) in [6.07, 6.45) is 5.30. The summed E-state index contributed by atoms with van der Waals surface area (Å²) in [4.78, 5) is 24.7. The molecule has 7 heteroatoms. The van der Waals surface area contributed by atoms with Gasteiger partial charge in [-0.1, -0.05) is 36.4 Å².